The molecule has 1 aromatic carbocycles. The Labute approximate surface area is 191 Å². The van der Waals surface area contributed by atoms with E-state index in [0.717, 1.165) is 10.9 Å². The maximum Gasteiger partial charge on any atom is 0.255 e. The minimum atomic E-state index is -1.18. The highest BCUT2D eigenvalue weighted by molar-refractivity contribution is 6.31. The quantitative estimate of drug-likeness (QED) is 0.404. The summed E-state index contributed by atoms with van der Waals surface area (Å²) in [6, 6.07) is 4.21. The van der Waals surface area contributed by atoms with Gasteiger partial charge in [0.05, 0.1) is 37.0 Å². The van der Waals surface area contributed by atoms with E-state index in [2.05, 4.69) is 25.4 Å². The fourth-order valence-corrected chi connectivity index (χ4v) is 4.01. The number of rotatable bonds is 5. The van der Waals surface area contributed by atoms with Crippen molar-refractivity contribution in [2.75, 3.05) is 19.7 Å². The molecular weight excluding hydrogens is 453 g/mol. The van der Waals surface area contributed by atoms with Crippen molar-refractivity contribution >= 4 is 45.5 Å². The Balaban J connectivity index is 1.46. The van der Waals surface area contributed by atoms with Gasteiger partial charge in [-0.15, -0.1) is 0 Å². The standard InChI is InChI=1S/C21H19ClFN7O3/c1-29-16-4-10(22)2-3-12(16)17(28-29)14-6-25-19-18(26-14)13(5-24-19)20(32)27-15(9-31)21(33)30-7-11(23)8-30/h2-6,11,15,31H,7-9H2,1H3,(H,24,25)(H,27,32)/t15-/m1/s1. The van der Waals surface area contributed by atoms with E-state index in [4.69, 9.17) is 11.6 Å². The van der Waals surface area contributed by atoms with Crippen molar-refractivity contribution in [3.8, 4) is 11.4 Å². The lowest BCUT2D eigenvalue weighted by Crippen LogP contribution is -2.59. The van der Waals surface area contributed by atoms with Crippen LogP contribution in [0.3, 0.4) is 0 Å². The maximum absolute atomic E-state index is 13.1. The van der Waals surface area contributed by atoms with Crippen LogP contribution in [0.25, 0.3) is 33.5 Å². The number of likely N-dealkylation sites (tertiary alicyclic amines) is 1. The fraction of sp³-hybridized carbons (Fsp3) is 0.286. The number of nitrogens with zero attached hydrogens (tertiary/aromatic N) is 5. The second-order valence-electron chi connectivity index (χ2n) is 7.84. The van der Waals surface area contributed by atoms with Crippen LogP contribution in [-0.2, 0) is 11.8 Å². The van der Waals surface area contributed by atoms with E-state index < -0.39 is 30.6 Å². The van der Waals surface area contributed by atoms with Crippen LogP contribution in [0.5, 0.6) is 0 Å². The van der Waals surface area contributed by atoms with Gasteiger partial charge in [-0.25, -0.2) is 14.4 Å². The summed E-state index contributed by atoms with van der Waals surface area (Å²) < 4.78 is 14.8. The summed E-state index contributed by atoms with van der Waals surface area (Å²) in [5.74, 6) is -1.15. The van der Waals surface area contributed by atoms with Crippen molar-refractivity contribution in [2.45, 2.75) is 12.2 Å². The summed E-state index contributed by atoms with van der Waals surface area (Å²) in [5, 5.41) is 18.0. The van der Waals surface area contributed by atoms with E-state index in [1.54, 1.807) is 30.1 Å². The van der Waals surface area contributed by atoms with Crippen LogP contribution in [0.1, 0.15) is 10.4 Å². The number of fused-ring (bicyclic) bond motifs is 2. The summed E-state index contributed by atoms with van der Waals surface area (Å²) in [7, 11) is 1.79. The molecule has 33 heavy (non-hydrogen) atoms. The van der Waals surface area contributed by atoms with Crippen molar-refractivity contribution in [3.63, 3.8) is 0 Å². The molecule has 1 fully saturated rings. The van der Waals surface area contributed by atoms with E-state index >= 15 is 0 Å². The van der Waals surface area contributed by atoms with E-state index in [1.807, 2.05) is 6.07 Å². The molecule has 0 aliphatic carbocycles. The van der Waals surface area contributed by atoms with Gasteiger partial charge in [0.2, 0.25) is 5.91 Å². The number of benzene rings is 1. The van der Waals surface area contributed by atoms with Gasteiger partial charge in [0.1, 0.15) is 29.1 Å². The first-order chi connectivity index (χ1) is 15.9. The first kappa shape index (κ1) is 21.3. The number of carbonyl (C=O) groups is 2. The highest BCUT2D eigenvalue weighted by Crippen LogP contribution is 2.29. The number of aromatic nitrogens is 5. The SMILES string of the molecule is Cn1nc(-c2cnc3[nH]cc(C(=O)N[C@H](CO)C(=O)N4CC(F)C4)c3n2)c2ccc(Cl)cc21. The molecule has 2 amide bonds. The molecule has 0 radical (unpaired) electrons. The van der Waals surface area contributed by atoms with Crippen LogP contribution in [0.15, 0.2) is 30.6 Å². The molecule has 1 saturated heterocycles. The Kier molecular flexibility index (Phi) is 5.22. The summed E-state index contributed by atoms with van der Waals surface area (Å²) in [5.41, 5.74) is 2.66. The van der Waals surface area contributed by atoms with Gasteiger partial charge in [0.25, 0.3) is 5.91 Å². The zero-order valence-corrected chi connectivity index (χ0v) is 18.2. The highest BCUT2D eigenvalue weighted by Gasteiger charge is 2.35. The average molecular weight is 472 g/mol. The smallest absolute Gasteiger partial charge is 0.255 e. The fourth-order valence-electron chi connectivity index (χ4n) is 3.84. The van der Waals surface area contributed by atoms with Crippen molar-refractivity contribution in [1.29, 1.82) is 0 Å². The van der Waals surface area contributed by atoms with Crippen molar-refractivity contribution in [1.82, 2.24) is 34.9 Å². The minimum Gasteiger partial charge on any atom is -0.394 e. The number of hydrogen-bond donors (Lipinski definition) is 3. The lowest BCUT2D eigenvalue weighted by molar-refractivity contribution is -0.141. The van der Waals surface area contributed by atoms with Crippen molar-refractivity contribution in [2.24, 2.45) is 7.05 Å². The van der Waals surface area contributed by atoms with E-state index in [1.165, 1.54) is 11.1 Å². The van der Waals surface area contributed by atoms with Crippen LogP contribution >= 0.6 is 11.6 Å². The van der Waals surface area contributed by atoms with Crippen LogP contribution in [0, 0.1) is 0 Å². The van der Waals surface area contributed by atoms with Gasteiger partial charge in [-0.1, -0.05) is 11.6 Å². The molecule has 3 N–H and O–H groups in total. The second kappa shape index (κ2) is 8.09. The Morgan fingerprint density at radius 2 is 2.18 bits per heavy atom. The van der Waals surface area contributed by atoms with E-state index in [0.29, 0.717) is 22.1 Å². The number of aliphatic hydroxyl groups is 1. The third kappa shape index (κ3) is 3.68. The summed E-state index contributed by atoms with van der Waals surface area (Å²) in [6.07, 6.45) is 1.90. The minimum absolute atomic E-state index is 0.0453. The largest absolute Gasteiger partial charge is 0.394 e. The molecule has 5 rings (SSSR count). The molecule has 3 aromatic heterocycles. The molecule has 4 aromatic rings. The molecule has 4 heterocycles. The van der Waals surface area contributed by atoms with Gasteiger partial charge >= 0.3 is 0 Å². The second-order valence-corrected chi connectivity index (χ2v) is 8.27. The van der Waals surface area contributed by atoms with Crippen LogP contribution in [0.2, 0.25) is 5.02 Å². The van der Waals surface area contributed by atoms with E-state index in [9.17, 15) is 19.1 Å². The van der Waals surface area contributed by atoms with E-state index in [-0.39, 0.29) is 24.2 Å². The van der Waals surface area contributed by atoms with Crippen LogP contribution < -0.4 is 5.32 Å². The number of alkyl halides is 1. The van der Waals surface area contributed by atoms with Gasteiger partial charge in [-0.3, -0.25) is 14.3 Å². The Morgan fingerprint density at radius 3 is 2.91 bits per heavy atom. The molecule has 0 unspecified atom stereocenters. The predicted molar refractivity (Wildman–Crippen MR) is 118 cm³/mol. The van der Waals surface area contributed by atoms with Crippen LogP contribution in [0.4, 0.5) is 4.39 Å². The first-order valence-electron chi connectivity index (χ1n) is 10.2. The Morgan fingerprint density at radius 1 is 1.39 bits per heavy atom. The number of aliphatic hydroxyl groups excluding tert-OH is 1. The summed E-state index contributed by atoms with van der Waals surface area (Å²) in [4.78, 5) is 38.4. The molecule has 10 nitrogen and oxygen atoms in total. The zero-order valence-electron chi connectivity index (χ0n) is 17.4. The molecule has 1 aliphatic heterocycles. The number of H-pyrrole nitrogens is 1. The Bertz CT molecular complexity index is 1400. The number of aryl methyl sites for hydroxylation is 1. The van der Waals surface area contributed by atoms with Crippen molar-refractivity contribution in [3.05, 3.63) is 41.2 Å². The summed E-state index contributed by atoms with van der Waals surface area (Å²) in [6.45, 7) is -0.702. The molecule has 0 saturated carbocycles. The van der Waals surface area contributed by atoms with Gasteiger partial charge in [0, 0.05) is 23.7 Å². The number of halogens is 2. The monoisotopic (exact) mass is 471 g/mol. The molecular formula is C21H19ClFN7O3. The maximum atomic E-state index is 13.1. The highest BCUT2D eigenvalue weighted by atomic mass is 35.5. The number of amides is 2. The molecule has 0 spiro atoms. The molecule has 170 valence electrons. The van der Waals surface area contributed by atoms with Crippen molar-refractivity contribution < 1.29 is 19.1 Å². The topological polar surface area (TPSA) is 129 Å². The predicted octanol–water partition coefficient (Wildman–Crippen LogP) is 1.44. The normalized spacial score (nSPS) is 15.1. The third-order valence-electron chi connectivity index (χ3n) is 5.62. The molecule has 0 bridgehead atoms. The first-order valence-corrected chi connectivity index (χ1v) is 10.5. The lowest BCUT2D eigenvalue weighted by Gasteiger charge is -2.36. The average Bonchev–Trinajstić information content (AvgIpc) is 3.35. The summed E-state index contributed by atoms with van der Waals surface area (Å²) >= 11 is 6.10. The number of carbonyl (C=O) groups excluding carboxylic acids is 2. The van der Waals surface area contributed by atoms with Gasteiger partial charge in [-0.05, 0) is 18.2 Å². The lowest BCUT2D eigenvalue weighted by atomic mass is 10.1. The number of hydrogen-bond acceptors (Lipinski definition) is 6. The number of nitrogens with one attached hydrogen (secondary N) is 2. The molecule has 1 aliphatic rings. The third-order valence-corrected chi connectivity index (χ3v) is 5.85. The van der Waals surface area contributed by atoms with Gasteiger partial charge < -0.3 is 20.3 Å². The molecule has 1 atom stereocenters. The zero-order chi connectivity index (χ0) is 23.3. The molecule has 12 heteroatoms. The Hall–Kier alpha value is -3.57. The van der Waals surface area contributed by atoms with Gasteiger partial charge in [0.15, 0.2) is 5.65 Å². The number of aromatic amines is 1. The van der Waals surface area contributed by atoms with Gasteiger partial charge in [-0.2, -0.15) is 5.10 Å². The van der Waals surface area contributed by atoms with Crippen LogP contribution in [-0.4, -0.2) is 78.5 Å².